The Balaban J connectivity index is 1.97. The summed E-state index contributed by atoms with van der Waals surface area (Å²) in [5.41, 5.74) is 3.10. The van der Waals surface area contributed by atoms with Gasteiger partial charge in [0.25, 0.3) is 5.91 Å². The Morgan fingerprint density at radius 2 is 1.91 bits per heavy atom. The number of fused-ring (bicyclic) bond motifs is 1. The van der Waals surface area contributed by atoms with Crippen molar-refractivity contribution in [3.8, 4) is 0 Å². The second-order valence-electron chi connectivity index (χ2n) is 5.37. The standard InChI is InChI=1S/C18H14ClFN2O/c1-10-7-13(19)4-6-16(10)22-18(23)15-8-12-3-5-14(20)9-17(12)21-11(15)2/h3-9H,1-2H3,(H,22,23). The van der Waals surface area contributed by atoms with Crippen LogP contribution in [0.2, 0.25) is 5.02 Å². The van der Waals surface area contributed by atoms with Gasteiger partial charge in [0.1, 0.15) is 5.82 Å². The molecule has 2 aromatic carbocycles. The van der Waals surface area contributed by atoms with Crippen LogP contribution in [0.5, 0.6) is 0 Å². The molecule has 0 aliphatic heterocycles. The van der Waals surface area contributed by atoms with E-state index in [9.17, 15) is 9.18 Å². The Kier molecular flexibility index (Phi) is 4.01. The molecule has 1 N–H and O–H groups in total. The third kappa shape index (κ3) is 3.17. The Labute approximate surface area is 138 Å². The number of carbonyl (C=O) groups excluding carboxylic acids is 1. The largest absolute Gasteiger partial charge is 0.322 e. The van der Waals surface area contributed by atoms with Crippen LogP contribution in [-0.2, 0) is 0 Å². The molecule has 3 aromatic rings. The lowest BCUT2D eigenvalue weighted by Crippen LogP contribution is -2.15. The van der Waals surface area contributed by atoms with E-state index in [1.165, 1.54) is 12.1 Å². The van der Waals surface area contributed by atoms with Crippen LogP contribution in [0, 0.1) is 19.7 Å². The number of aryl methyl sites for hydroxylation is 2. The van der Waals surface area contributed by atoms with E-state index in [2.05, 4.69) is 10.3 Å². The third-order valence-corrected chi connectivity index (χ3v) is 3.89. The SMILES string of the molecule is Cc1cc(Cl)ccc1NC(=O)c1cc2ccc(F)cc2nc1C. The van der Waals surface area contributed by atoms with Gasteiger partial charge in [-0.3, -0.25) is 9.78 Å². The van der Waals surface area contributed by atoms with Crippen molar-refractivity contribution in [1.29, 1.82) is 0 Å². The molecule has 0 saturated heterocycles. The van der Waals surface area contributed by atoms with Gasteiger partial charge < -0.3 is 5.32 Å². The number of aromatic nitrogens is 1. The van der Waals surface area contributed by atoms with Gasteiger partial charge in [0, 0.05) is 22.2 Å². The number of hydrogen-bond acceptors (Lipinski definition) is 2. The number of pyridine rings is 1. The molecular formula is C18H14ClFN2O. The molecule has 0 spiro atoms. The number of halogens is 2. The highest BCUT2D eigenvalue weighted by Gasteiger charge is 2.13. The van der Waals surface area contributed by atoms with E-state index < -0.39 is 0 Å². The molecule has 0 unspecified atom stereocenters. The normalized spacial score (nSPS) is 10.8. The van der Waals surface area contributed by atoms with Gasteiger partial charge >= 0.3 is 0 Å². The number of rotatable bonds is 2. The molecule has 1 heterocycles. The topological polar surface area (TPSA) is 42.0 Å². The van der Waals surface area contributed by atoms with E-state index in [4.69, 9.17) is 11.6 Å². The van der Waals surface area contributed by atoms with Crippen LogP contribution < -0.4 is 5.32 Å². The molecule has 5 heteroatoms. The lowest BCUT2D eigenvalue weighted by Gasteiger charge is -2.11. The minimum Gasteiger partial charge on any atom is -0.322 e. The molecule has 0 fully saturated rings. The van der Waals surface area contributed by atoms with Gasteiger partial charge in [0.05, 0.1) is 16.8 Å². The summed E-state index contributed by atoms with van der Waals surface area (Å²) in [4.78, 5) is 16.8. The van der Waals surface area contributed by atoms with Crippen molar-refractivity contribution in [2.45, 2.75) is 13.8 Å². The number of benzene rings is 2. The smallest absolute Gasteiger partial charge is 0.257 e. The second-order valence-corrected chi connectivity index (χ2v) is 5.81. The highest BCUT2D eigenvalue weighted by molar-refractivity contribution is 6.30. The fourth-order valence-corrected chi connectivity index (χ4v) is 2.65. The first-order chi connectivity index (χ1) is 10.9. The maximum Gasteiger partial charge on any atom is 0.257 e. The predicted molar refractivity (Wildman–Crippen MR) is 90.6 cm³/mol. The van der Waals surface area contributed by atoms with Gasteiger partial charge in [-0.2, -0.15) is 0 Å². The number of nitrogens with one attached hydrogen (secondary N) is 1. The first-order valence-electron chi connectivity index (χ1n) is 7.08. The van der Waals surface area contributed by atoms with Crippen LogP contribution in [-0.4, -0.2) is 10.9 Å². The zero-order chi connectivity index (χ0) is 16.6. The average Bonchev–Trinajstić information content (AvgIpc) is 2.49. The summed E-state index contributed by atoms with van der Waals surface area (Å²) in [6, 6.07) is 11.3. The highest BCUT2D eigenvalue weighted by Crippen LogP contribution is 2.22. The van der Waals surface area contributed by atoms with Crippen molar-refractivity contribution in [3.05, 3.63) is 70.1 Å². The summed E-state index contributed by atoms with van der Waals surface area (Å²) < 4.78 is 13.3. The molecule has 0 atom stereocenters. The number of nitrogens with zero attached hydrogens (tertiary/aromatic N) is 1. The van der Waals surface area contributed by atoms with Crippen LogP contribution in [0.4, 0.5) is 10.1 Å². The van der Waals surface area contributed by atoms with Crippen molar-refractivity contribution in [2.24, 2.45) is 0 Å². The van der Waals surface area contributed by atoms with Gasteiger partial charge in [-0.25, -0.2) is 4.39 Å². The summed E-state index contributed by atoms with van der Waals surface area (Å²) in [5.74, 6) is -0.606. The van der Waals surface area contributed by atoms with Crippen LogP contribution >= 0.6 is 11.6 Å². The Hall–Kier alpha value is -2.46. The van der Waals surface area contributed by atoms with E-state index in [1.807, 2.05) is 6.92 Å². The van der Waals surface area contributed by atoms with Gasteiger partial charge in [-0.15, -0.1) is 0 Å². The number of hydrogen-bond donors (Lipinski definition) is 1. The quantitative estimate of drug-likeness (QED) is 0.727. The lowest BCUT2D eigenvalue weighted by molar-refractivity contribution is 0.102. The molecule has 1 amide bonds. The van der Waals surface area contributed by atoms with Crippen molar-refractivity contribution < 1.29 is 9.18 Å². The molecule has 1 aromatic heterocycles. The van der Waals surface area contributed by atoms with Gasteiger partial charge in [0.2, 0.25) is 0 Å². The minimum atomic E-state index is -0.349. The number of anilines is 1. The zero-order valence-corrected chi connectivity index (χ0v) is 13.4. The monoisotopic (exact) mass is 328 g/mol. The summed E-state index contributed by atoms with van der Waals surface area (Å²) in [7, 11) is 0. The van der Waals surface area contributed by atoms with E-state index in [1.54, 1.807) is 37.3 Å². The molecular weight excluding hydrogens is 315 g/mol. The second kappa shape index (κ2) is 5.97. The van der Waals surface area contributed by atoms with Gasteiger partial charge in [0.15, 0.2) is 0 Å². The van der Waals surface area contributed by atoms with E-state index in [0.29, 0.717) is 27.5 Å². The molecule has 116 valence electrons. The first kappa shape index (κ1) is 15.4. The van der Waals surface area contributed by atoms with Crippen LogP contribution in [0.1, 0.15) is 21.6 Å². The van der Waals surface area contributed by atoms with E-state index >= 15 is 0 Å². The van der Waals surface area contributed by atoms with Crippen molar-refractivity contribution in [3.63, 3.8) is 0 Å². The Morgan fingerprint density at radius 1 is 1.13 bits per heavy atom. The third-order valence-electron chi connectivity index (χ3n) is 3.65. The van der Waals surface area contributed by atoms with Gasteiger partial charge in [-0.05, 0) is 55.8 Å². The summed E-state index contributed by atoms with van der Waals surface area (Å²) in [5, 5.41) is 4.19. The summed E-state index contributed by atoms with van der Waals surface area (Å²) >= 11 is 5.92. The molecule has 0 aliphatic carbocycles. The van der Waals surface area contributed by atoms with Crippen molar-refractivity contribution in [2.75, 3.05) is 5.32 Å². The minimum absolute atomic E-state index is 0.258. The molecule has 3 rings (SSSR count). The fourth-order valence-electron chi connectivity index (χ4n) is 2.42. The average molecular weight is 329 g/mol. The Bertz CT molecular complexity index is 924. The highest BCUT2D eigenvalue weighted by atomic mass is 35.5. The van der Waals surface area contributed by atoms with Gasteiger partial charge in [-0.1, -0.05) is 11.6 Å². The summed E-state index contributed by atoms with van der Waals surface area (Å²) in [6.45, 7) is 3.60. The van der Waals surface area contributed by atoms with E-state index in [-0.39, 0.29) is 11.7 Å². The molecule has 0 aliphatic rings. The molecule has 0 saturated carbocycles. The van der Waals surface area contributed by atoms with Crippen LogP contribution in [0.25, 0.3) is 10.9 Å². The zero-order valence-electron chi connectivity index (χ0n) is 12.7. The molecule has 23 heavy (non-hydrogen) atoms. The molecule has 0 radical (unpaired) electrons. The number of carbonyl (C=O) groups is 1. The molecule has 0 bridgehead atoms. The maximum atomic E-state index is 13.3. The Morgan fingerprint density at radius 3 is 2.65 bits per heavy atom. The predicted octanol–water partition coefficient (Wildman–Crippen LogP) is 4.90. The lowest BCUT2D eigenvalue weighted by atomic mass is 10.1. The molecule has 3 nitrogen and oxygen atoms in total. The maximum absolute atomic E-state index is 13.3. The fraction of sp³-hybridized carbons (Fsp3) is 0.111. The van der Waals surface area contributed by atoms with Crippen molar-refractivity contribution >= 4 is 34.1 Å². The van der Waals surface area contributed by atoms with E-state index in [0.717, 1.165) is 10.9 Å². The van der Waals surface area contributed by atoms with Crippen molar-refractivity contribution in [1.82, 2.24) is 4.98 Å². The first-order valence-corrected chi connectivity index (χ1v) is 7.46. The van der Waals surface area contributed by atoms with Crippen LogP contribution in [0.15, 0.2) is 42.5 Å². The van der Waals surface area contributed by atoms with Crippen LogP contribution in [0.3, 0.4) is 0 Å². The number of amides is 1. The summed E-state index contributed by atoms with van der Waals surface area (Å²) in [6.07, 6.45) is 0.